The smallest absolute Gasteiger partial charge is 0.233 e. The van der Waals surface area contributed by atoms with Crippen molar-refractivity contribution in [1.29, 1.82) is 0 Å². The Balaban J connectivity index is 1.46. The summed E-state index contributed by atoms with van der Waals surface area (Å²) in [5, 5.41) is 0. The highest BCUT2D eigenvalue weighted by atomic mass is 19.1. The van der Waals surface area contributed by atoms with Gasteiger partial charge in [0.05, 0.1) is 11.5 Å². The standard InChI is InChI=1S/C27H30FN3O/c1-20-18-29-25(31(20)19-21-11-13-23(28)14-12-21)24-10-7-17-30(24)26(32)27(15-5-6-16-27)22-8-3-2-4-9-22/h2-4,8-9,11-14,18,24H,5-7,10,15-17,19H2,1H3. The van der Waals surface area contributed by atoms with E-state index in [0.29, 0.717) is 6.54 Å². The zero-order chi connectivity index (χ0) is 22.1. The lowest BCUT2D eigenvalue weighted by atomic mass is 9.77. The van der Waals surface area contributed by atoms with Crippen LogP contribution in [-0.2, 0) is 16.8 Å². The van der Waals surface area contributed by atoms with Gasteiger partial charge in [0.15, 0.2) is 0 Å². The Morgan fingerprint density at radius 1 is 1.06 bits per heavy atom. The molecule has 32 heavy (non-hydrogen) atoms. The molecule has 0 N–H and O–H groups in total. The van der Waals surface area contributed by atoms with E-state index in [0.717, 1.165) is 67.7 Å². The summed E-state index contributed by atoms with van der Waals surface area (Å²) in [5.74, 6) is 0.975. The highest BCUT2D eigenvalue weighted by molar-refractivity contribution is 5.89. The van der Waals surface area contributed by atoms with Crippen LogP contribution in [-0.4, -0.2) is 26.9 Å². The molecule has 1 aromatic heterocycles. The fourth-order valence-electron chi connectivity index (χ4n) is 5.64. The first kappa shape index (κ1) is 20.9. The summed E-state index contributed by atoms with van der Waals surface area (Å²) < 4.78 is 15.6. The van der Waals surface area contributed by atoms with Crippen molar-refractivity contribution < 1.29 is 9.18 Å². The van der Waals surface area contributed by atoms with Gasteiger partial charge in [0, 0.05) is 25.0 Å². The van der Waals surface area contributed by atoms with Crippen LogP contribution < -0.4 is 0 Å². The normalized spacial score (nSPS) is 20.1. The Bertz CT molecular complexity index is 1080. The minimum absolute atomic E-state index is 0.0159. The molecule has 4 nitrogen and oxygen atoms in total. The van der Waals surface area contributed by atoms with E-state index >= 15 is 0 Å². The Hall–Kier alpha value is -2.95. The highest BCUT2D eigenvalue weighted by Crippen LogP contribution is 2.45. The number of aryl methyl sites for hydroxylation is 1. The summed E-state index contributed by atoms with van der Waals surface area (Å²) in [7, 11) is 0. The van der Waals surface area contributed by atoms with E-state index in [1.54, 1.807) is 0 Å². The maximum atomic E-state index is 14.1. The SMILES string of the molecule is Cc1cnc(C2CCCN2C(=O)C2(c3ccccc3)CCCC2)n1Cc1ccc(F)cc1. The highest BCUT2D eigenvalue weighted by Gasteiger charge is 2.48. The third kappa shape index (κ3) is 3.64. The van der Waals surface area contributed by atoms with Gasteiger partial charge in [-0.3, -0.25) is 4.79 Å². The van der Waals surface area contributed by atoms with E-state index in [9.17, 15) is 9.18 Å². The first-order chi connectivity index (χ1) is 15.6. The maximum Gasteiger partial charge on any atom is 0.233 e. The Kier molecular flexibility index (Phi) is 5.58. The average molecular weight is 432 g/mol. The number of halogens is 1. The van der Waals surface area contributed by atoms with Crippen molar-refractivity contribution in [3.8, 4) is 0 Å². The van der Waals surface area contributed by atoms with Gasteiger partial charge < -0.3 is 9.47 Å². The molecule has 166 valence electrons. The number of rotatable bonds is 5. The van der Waals surface area contributed by atoms with Gasteiger partial charge in [0.25, 0.3) is 0 Å². The molecule has 0 bridgehead atoms. The zero-order valence-electron chi connectivity index (χ0n) is 18.6. The monoisotopic (exact) mass is 431 g/mol. The van der Waals surface area contributed by atoms with Crippen LogP contribution >= 0.6 is 0 Å². The molecule has 1 saturated heterocycles. The van der Waals surface area contributed by atoms with E-state index in [2.05, 4.69) is 21.6 Å². The fourth-order valence-corrected chi connectivity index (χ4v) is 5.64. The molecule has 1 aliphatic carbocycles. The van der Waals surface area contributed by atoms with Gasteiger partial charge in [-0.1, -0.05) is 55.3 Å². The lowest BCUT2D eigenvalue weighted by Crippen LogP contribution is -2.45. The minimum atomic E-state index is -0.409. The first-order valence-corrected chi connectivity index (χ1v) is 11.7. The summed E-state index contributed by atoms with van der Waals surface area (Å²) in [5.41, 5.74) is 2.83. The van der Waals surface area contributed by atoms with Crippen LogP contribution in [0, 0.1) is 12.7 Å². The van der Waals surface area contributed by atoms with Gasteiger partial charge in [-0.2, -0.15) is 0 Å². The molecule has 1 aliphatic heterocycles. The third-order valence-corrected chi connectivity index (χ3v) is 7.34. The summed E-state index contributed by atoms with van der Waals surface area (Å²) >= 11 is 0. The second-order valence-electron chi connectivity index (χ2n) is 9.28. The molecular weight excluding hydrogens is 401 g/mol. The van der Waals surface area contributed by atoms with Crippen molar-refractivity contribution in [3.63, 3.8) is 0 Å². The molecule has 0 spiro atoms. The quantitative estimate of drug-likeness (QED) is 0.531. The summed E-state index contributed by atoms with van der Waals surface area (Å²) in [6.07, 6.45) is 7.84. The van der Waals surface area contributed by atoms with E-state index in [1.807, 2.05) is 43.5 Å². The number of aromatic nitrogens is 2. The van der Waals surface area contributed by atoms with Crippen LogP contribution in [0.5, 0.6) is 0 Å². The summed E-state index contributed by atoms with van der Waals surface area (Å²) in [6.45, 7) is 3.45. The van der Waals surface area contributed by atoms with E-state index in [1.165, 1.54) is 12.1 Å². The predicted molar refractivity (Wildman–Crippen MR) is 123 cm³/mol. The molecule has 1 amide bonds. The number of carbonyl (C=O) groups excluding carboxylic acids is 1. The molecule has 2 aliphatic rings. The molecule has 1 atom stereocenters. The van der Waals surface area contributed by atoms with Crippen molar-refractivity contribution >= 4 is 5.91 Å². The van der Waals surface area contributed by atoms with Gasteiger partial charge >= 0.3 is 0 Å². The molecule has 1 saturated carbocycles. The number of benzene rings is 2. The van der Waals surface area contributed by atoms with Crippen LogP contribution in [0.4, 0.5) is 4.39 Å². The van der Waals surface area contributed by atoms with Crippen LogP contribution in [0.15, 0.2) is 60.8 Å². The van der Waals surface area contributed by atoms with Crippen molar-refractivity contribution in [3.05, 3.63) is 89.3 Å². The van der Waals surface area contributed by atoms with E-state index in [-0.39, 0.29) is 17.8 Å². The van der Waals surface area contributed by atoms with Crippen LogP contribution in [0.3, 0.4) is 0 Å². The van der Waals surface area contributed by atoms with Crippen LogP contribution in [0.1, 0.15) is 67.2 Å². The third-order valence-electron chi connectivity index (χ3n) is 7.34. The van der Waals surface area contributed by atoms with Crippen LogP contribution in [0.2, 0.25) is 0 Å². The largest absolute Gasteiger partial charge is 0.332 e. The predicted octanol–water partition coefficient (Wildman–Crippen LogP) is 5.55. The topological polar surface area (TPSA) is 38.1 Å². The Labute approximate surface area is 189 Å². The summed E-state index contributed by atoms with van der Waals surface area (Å²) in [6, 6.07) is 17.0. The molecular formula is C27H30FN3O. The Morgan fingerprint density at radius 3 is 2.50 bits per heavy atom. The number of nitrogens with zero attached hydrogens (tertiary/aromatic N) is 3. The molecule has 2 aromatic carbocycles. The number of likely N-dealkylation sites (tertiary alicyclic amines) is 1. The molecule has 2 heterocycles. The minimum Gasteiger partial charge on any atom is -0.332 e. The first-order valence-electron chi connectivity index (χ1n) is 11.7. The van der Waals surface area contributed by atoms with Crippen molar-refractivity contribution in [1.82, 2.24) is 14.5 Å². The van der Waals surface area contributed by atoms with Gasteiger partial charge in [-0.05, 0) is 55.9 Å². The second-order valence-corrected chi connectivity index (χ2v) is 9.28. The number of amides is 1. The molecule has 5 rings (SSSR count). The average Bonchev–Trinajstić information content (AvgIpc) is 3.57. The van der Waals surface area contributed by atoms with Gasteiger partial charge in [-0.15, -0.1) is 0 Å². The number of hydrogen-bond acceptors (Lipinski definition) is 2. The molecule has 1 unspecified atom stereocenters. The number of hydrogen-bond donors (Lipinski definition) is 0. The molecule has 3 aromatic rings. The molecule has 2 fully saturated rings. The molecule has 0 radical (unpaired) electrons. The Morgan fingerprint density at radius 2 is 1.78 bits per heavy atom. The zero-order valence-corrected chi connectivity index (χ0v) is 18.6. The van der Waals surface area contributed by atoms with Gasteiger partial charge in [0.1, 0.15) is 11.6 Å². The fraction of sp³-hybridized carbons (Fsp3) is 0.407. The van der Waals surface area contributed by atoms with Gasteiger partial charge in [-0.25, -0.2) is 9.37 Å². The number of carbonyl (C=O) groups is 1. The van der Waals surface area contributed by atoms with E-state index < -0.39 is 5.41 Å². The molecule has 5 heteroatoms. The summed E-state index contributed by atoms with van der Waals surface area (Å²) in [4.78, 5) is 21.0. The lowest BCUT2D eigenvalue weighted by molar-refractivity contribution is -0.138. The second kappa shape index (κ2) is 8.53. The van der Waals surface area contributed by atoms with Crippen molar-refractivity contribution in [2.75, 3.05) is 6.54 Å². The van der Waals surface area contributed by atoms with Gasteiger partial charge in [0.2, 0.25) is 5.91 Å². The van der Waals surface area contributed by atoms with Crippen LogP contribution in [0.25, 0.3) is 0 Å². The number of imidazole rings is 1. The van der Waals surface area contributed by atoms with E-state index in [4.69, 9.17) is 4.98 Å². The lowest BCUT2D eigenvalue weighted by Gasteiger charge is -2.36. The maximum absolute atomic E-state index is 14.1. The van der Waals surface area contributed by atoms with Crippen molar-refractivity contribution in [2.24, 2.45) is 0 Å². The van der Waals surface area contributed by atoms with Crippen molar-refractivity contribution in [2.45, 2.75) is 63.5 Å².